The Morgan fingerprint density at radius 3 is 2.61 bits per heavy atom. The standard InChI is InChI=1S/C16H23N3O4/c1-5-14(20)18-13-10-11(6-7-12(13)17)23-9-8-19(15(21)22)16(2,3)4/h5-7,10H,1,8-9,17H2,2-4H3,(H,18,20)(H,21,22). The molecule has 0 bridgehead atoms. The summed E-state index contributed by atoms with van der Waals surface area (Å²) in [5.41, 5.74) is 6.07. The lowest BCUT2D eigenvalue weighted by atomic mass is 10.1. The molecule has 4 N–H and O–H groups in total. The fraction of sp³-hybridized carbons (Fsp3) is 0.375. The van der Waals surface area contributed by atoms with Crippen molar-refractivity contribution in [3.8, 4) is 5.75 Å². The molecule has 7 heteroatoms. The Bertz CT molecular complexity index is 593. The topological polar surface area (TPSA) is 105 Å². The molecular weight excluding hydrogens is 298 g/mol. The highest BCUT2D eigenvalue weighted by atomic mass is 16.5. The van der Waals surface area contributed by atoms with Gasteiger partial charge in [0, 0.05) is 11.6 Å². The van der Waals surface area contributed by atoms with Gasteiger partial charge in [0.15, 0.2) is 0 Å². The number of benzene rings is 1. The van der Waals surface area contributed by atoms with Crippen molar-refractivity contribution in [2.24, 2.45) is 0 Å². The van der Waals surface area contributed by atoms with E-state index in [0.29, 0.717) is 17.1 Å². The van der Waals surface area contributed by atoms with Crippen LogP contribution in [-0.2, 0) is 4.79 Å². The molecule has 1 rings (SSSR count). The number of carbonyl (C=O) groups excluding carboxylic acids is 1. The van der Waals surface area contributed by atoms with Crippen LogP contribution in [0.2, 0.25) is 0 Å². The van der Waals surface area contributed by atoms with Crippen molar-refractivity contribution in [3.05, 3.63) is 30.9 Å². The minimum absolute atomic E-state index is 0.183. The molecule has 0 saturated heterocycles. The van der Waals surface area contributed by atoms with Gasteiger partial charge in [-0.1, -0.05) is 6.58 Å². The maximum atomic E-state index is 11.3. The number of nitrogens with zero attached hydrogens (tertiary/aromatic N) is 1. The Labute approximate surface area is 135 Å². The number of nitrogens with two attached hydrogens (primary N) is 1. The number of ether oxygens (including phenoxy) is 1. The number of carbonyl (C=O) groups is 2. The Balaban J connectivity index is 2.71. The number of carboxylic acid groups (broad SMARTS) is 1. The number of anilines is 2. The third-order valence-corrected chi connectivity index (χ3v) is 3.09. The van der Waals surface area contributed by atoms with Crippen LogP contribution in [0.4, 0.5) is 16.2 Å². The van der Waals surface area contributed by atoms with Gasteiger partial charge in [0.25, 0.3) is 0 Å². The third kappa shape index (κ3) is 5.54. The zero-order valence-electron chi connectivity index (χ0n) is 13.6. The van der Waals surface area contributed by atoms with Crippen LogP contribution >= 0.6 is 0 Å². The molecule has 0 aliphatic heterocycles. The van der Waals surface area contributed by atoms with Crippen molar-refractivity contribution in [2.45, 2.75) is 26.3 Å². The van der Waals surface area contributed by atoms with Crippen molar-refractivity contribution >= 4 is 23.4 Å². The molecule has 2 amide bonds. The van der Waals surface area contributed by atoms with Crippen LogP contribution in [0.15, 0.2) is 30.9 Å². The summed E-state index contributed by atoms with van der Waals surface area (Å²) >= 11 is 0. The van der Waals surface area contributed by atoms with E-state index in [2.05, 4.69) is 11.9 Å². The Morgan fingerprint density at radius 2 is 2.09 bits per heavy atom. The summed E-state index contributed by atoms with van der Waals surface area (Å²) in [6.07, 6.45) is 0.137. The zero-order valence-corrected chi connectivity index (χ0v) is 13.6. The van der Waals surface area contributed by atoms with Gasteiger partial charge < -0.3 is 25.8 Å². The molecule has 0 radical (unpaired) electrons. The fourth-order valence-electron chi connectivity index (χ4n) is 1.89. The first-order chi connectivity index (χ1) is 10.6. The third-order valence-electron chi connectivity index (χ3n) is 3.09. The number of rotatable bonds is 6. The monoisotopic (exact) mass is 321 g/mol. The van der Waals surface area contributed by atoms with E-state index in [1.54, 1.807) is 18.2 Å². The van der Waals surface area contributed by atoms with Crippen LogP contribution in [0.1, 0.15) is 20.8 Å². The van der Waals surface area contributed by atoms with Crippen LogP contribution in [0, 0.1) is 0 Å². The molecule has 0 heterocycles. The molecule has 126 valence electrons. The van der Waals surface area contributed by atoms with Crippen molar-refractivity contribution in [1.82, 2.24) is 4.90 Å². The van der Waals surface area contributed by atoms with Crippen LogP contribution in [0.3, 0.4) is 0 Å². The Morgan fingerprint density at radius 1 is 1.43 bits per heavy atom. The summed E-state index contributed by atoms with van der Waals surface area (Å²) < 4.78 is 5.56. The van der Waals surface area contributed by atoms with E-state index < -0.39 is 11.6 Å². The summed E-state index contributed by atoms with van der Waals surface area (Å²) in [6.45, 7) is 9.21. The largest absolute Gasteiger partial charge is 0.492 e. The molecule has 23 heavy (non-hydrogen) atoms. The first kappa shape index (κ1) is 18.3. The highest BCUT2D eigenvalue weighted by molar-refractivity contribution is 6.01. The molecule has 0 atom stereocenters. The highest BCUT2D eigenvalue weighted by Crippen LogP contribution is 2.25. The Hall–Kier alpha value is -2.70. The predicted molar refractivity (Wildman–Crippen MR) is 89.7 cm³/mol. The van der Waals surface area contributed by atoms with E-state index in [1.807, 2.05) is 20.8 Å². The van der Waals surface area contributed by atoms with Gasteiger partial charge in [-0.3, -0.25) is 4.79 Å². The van der Waals surface area contributed by atoms with Crippen molar-refractivity contribution in [3.63, 3.8) is 0 Å². The second kappa shape index (κ2) is 7.53. The minimum Gasteiger partial charge on any atom is -0.492 e. The van der Waals surface area contributed by atoms with Crippen LogP contribution in [-0.4, -0.2) is 40.7 Å². The zero-order chi connectivity index (χ0) is 17.6. The van der Waals surface area contributed by atoms with Gasteiger partial charge in [0.1, 0.15) is 12.4 Å². The van der Waals surface area contributed by atoms with E-state index in [0.717, 1.165) is 6.08 Å². The molecule has 1 aromatic carbocycles. The number of amides is 2. The van der Waals surface area contributed by atoms with E-state index in [-0.39, 0.29) is 19.1 Å². The maximum absolute atomic E-state index is 11.3. The van der Waals surface area contributed by atoms with Gasteiger partial charge in [-0.05, 0) is 39.0 Å². The molecular formula is C16H23N3O4. The predicted octanol–water partition coefficient (Wildman–Crippen LogP) is 2.55. The lowest BCUT2D eigenvalue weighted by Gasteiger charge is -2.32. The van der Waals surface area contributed by atoms with Crippen molar-refractivity contribution in [1.29, 1.82) is 0 Å². The highest BCUT2D eigenvalue weighted by Gasteiger charge is 2.25. The quantitative estimate of drug-likeness (QED) is 0.551. The average molecular weight is 321 g/mol. The van der Waals surface area contributed by atoms with E-state index >= 15 is 0 Å². The molecule has 7 nitrogen and oxygen atoms in total. The van der Waals surface area contributed by atoms with Gasteiger partial charge >= 0.3 is 6.09 Å². The van der Waals surface area contributed by atoms with Gasteiger partial charge in [-0.25, -0.2) is 4.79 Å². The van der Waals surface area contributed by atoms with Gasteiger partial charge in [0.2, 0.25) is 5.91 Å². The van der Waals surface area contributed by atoms with E-state index in [9.17, 15) is 14.7 Å². The molecule has 0 unspecified atom stereocenters. The first-order valence-electron chi connectivity index (χ1n) is 7.11. The first-order valence-corrected chi connectivity index (χ1v) is 7.11. The molecule has 0 aromatic heterocycles. The summed E-state index contributed by atoms with van der Waals surface area (Å²) in [5, 5.41) is 11.8. The molecule has 0 aliphatic rings. The lowest BCUT2D eigenvalue weighted by Crippen LogP contribution is -2.46. The van der Waals surface area contributed by atoms with E-state index in [4.69, 9.17) is 10.5 Å². The van der Waals surface area contributed by atoms with Crippen LogP contribution < -0.4 is 15.8 Å². The van der Waals surface area contributed by atoms with Gasteiger partial charge in [-0.2, -0.15) is 0 Å². The SMILES string of the molecule is C=CC(=O)Nc1cc(OCCN(C(=O)O)C(C)(C)C)ccc1N. The lowest BCUT2D eigenvalue weighted by molar-refractivity contribution is -0.111. The fourth-order valence-corrected chi connectivity index (χ4v) is 1.89. The number of hydrogen-bond acceptors (Lipinski definition) is 4. The van der Waals surface area contributed by atoms with Crippen molar-refractivity contribution < 1.29 is 19.4 Å². The average Bonchev–Trinajstić information content (AvgIpc) is 2.44. The normalized spacial score (nSPS) is 10.7. The second-order valence-corrected chi connectivity index (χ2v) is 5.90. The summed E-state index contributed by atoms with van der Waals surface area (Å²) in [5.74, 6) is 0.108. The molecule has 1 aromatic rings. The number of hydrogen-bond donors (Lipinski definition) is 3. The summed E-state index contributed by atoms with van der Waals surface area (Å²) in [4.78, 5) is 23.9. The van der Waals surface area contributed by atoms with Gasteiger partial charge in [-0.15, -0.1) is 0 Å². The molecule has 0 saturated carbocycles. The van der Waals surface area contributed by atoms with Crippen LogP contribution in [0.5, 0.6) is 5.75 Å². The number of nitrogen functional groups attached to an aromatic ring is 1. The maximum Gasteiger partial charge on any atom is 0.407 e. The molecule has 0 spiro atoms. The second-order valence-electron chi connectivity index (χ2n) is 5.90. The number of nitrogens with one attached hydrogen (secondary N) is 1. The van der Waals surface area contributed by atoms with Crippen molar-refractivity contribution in [2.75, 3.05) is 24.2 Å². The van der Waals surface area contributed by atoms with Crippen LogP contribution in [0.25, 0.3) is 0 Å². The minimum atomic E-state index is -1.00. The molecule has 0 aliphatic carbocycles. The smallest absolute Gasteiger partial charge is 0.407 e. The molecule has 0 fully saturated rings. The summed E-state index contributed by atoms with van der Waals surface area (Å²) in [6, 6.07) is 4.84. The Kier molecular flexibility index (Phi) is 6.01. The van der Waals surface area contributed by atoms with Gasteiger partial charge in [0.05, 0.1) is 17.9 Å². The summed E-state index contributed by atoms with van der Waals surface area (Å²) in [7, 11) is 0. The van der Waals surface area contributed by atoms with E-state index in [1.165, 1.54) is 4.90 Å².